The summed E-state index contributed by atoms with van der Waals surface area (Å²) in [6.07, 6.45) is -1.35. The molecule has 1 N–H and O–H groups in total. The molecule has 28 heavy (non-hydrogen) atoms. The first-order valence-electron chi connectivity index (χ1n) is 7.95. The minimum atomic E-state index is -1.35. The molecule has 1 atom stereocenters. The molecule has 0 aliphatic heterocycles. The van der Waals surface area contributed by atoms with E-state index >= 15 is 0 Å². The summed E-state index contributed by atoms with van der Waals surface area (Å²) >= 11 is 0. The highest BCUT2D eigenvalue weighted by Gasteiger charge is 2.28. The standard InChI is InChI=1S/C18H17FN2O7/c1-10(17(22)20-13-7-5-4-6-12(13)19)28-18(23)11-8-15(26-2)16(27-3)9-14(11)21(24)25/h4-10H,1-3H3,(H,20,22). The average molecular weight is 392 g/mol. The third kappa shape index (κ3) is 4.53. The molecule has 10 heteroatoms. The number of hydrogen-bond donors (Lipinski definition) is 1. The van der Waals surface area contributed by atoms with Gasteiger partial charge in [0, 0.05) is 6.07 Å². The van der Waals surface area contributed by atoms with Crippen LogP contribution in [-0.4, -0.2) is 37.1 Å². The van der Waals surface area contributed by atoms with Crippen LogP contribution >= 0.6 is 0 Å². The maximum absolute atomic E-state index is 13.6. The van der Waals surface area contributed by atoms with Crippen LogP contribution in [0.25, 0.3) is 0 Å². The zero-order valence-electron chi connectivity index (χ0n) is 15.2. The molecule has 0 aliphatic rings. The quantitative estimate of drug-likeness (QED) is 0.437. The number of nitro benzene ring substituents is 1. The Morgan fingerprint density at radius 2 is 1.75 bits per heavy atom. The van der Waals surface area contributed by atoms with Gasteiger partial charge in [-0.25, -0.2) is 9.18 Å². The summed E-state index contributed by atoms with van der Waals surface area (Å²) in [6.45, 7) is 1.25. The summed E-state index contributed by atoms with van der Waals surface area (Å²) in [6, 6.07) is 7.55. The fraction of sp³-hybridized carbons (Fsp3) is 0.222. The molecule has 2 aromatic carbocycles. The van der Waals surface area contributed by atoms with Crippen molar-refractivity contribution in [3.63, 3.8) is 0 Å². The fourth-order valence-corrected chi connectivity index (χ4v) is 2.26. The van der Waals surface area contributed by atoms with Gasteiger partial charge in [0.2, 0.25) is 0 Å². The van der Waals surface area contributed by atoms with E-state index in [1.165, 1.54) is 39.3 Å². The Balaban J connectivity index is 2.22. The molecule has 0 saturated carbocycles. The van der Waals surface area contributed by atoms with Crippen molar-refractivity contribution in [1.29, 1.82) is 0 Å². The summed E-state index contributed by atoms with van der Waals surface area (Å²) in [7, 11) is 2.58. The van der Waals surface area contributed by atoms with Crippen molar-refractivity contribution in [2.24, 2.45) is 0 Å². The van der Waals surface area contributed by atoms with Gasteiger partial charge < -0.3 is 19.5 Å². The number of anilines is 1. The molecule has 0 bridgehead atoms. The molecule has 0 saturated heterocycles. The lowest BCUT2D eigenvalue weighted by Gasteiger charge is -2.15. The van der Waals surface area contributed by atoms with E-state index in [2.05, 4.69) is 5.32 Å². The number of amides is 1. The van der Waals surface area contributed by atoms with Crippen LogP contribution in [0.2, 0.25) is 0 Å². The second-order valence-electron chi connectivity index (χ2n) is 5.50. The zero-order chi connectivity index (χ0) is 20.8. The maximum Gasteiger partial charge on any atom is 0.346 e. The second kappa shape index (κ2) is 8.80. The number of ether oxygens (including phenoxy) is 3. The van der Waals surface area contributed by atoms with Crippen molar-refractivity contribution in [3.8, 4) is 11.5 Å². The Bertz CT molecular complexity index is 917. The minimum absolute atomic E-state index is 0.0519. The van der Waals surface area contributed by atoms with E-state index in [4.69, 9.17) is 14.2 Å². The lowest BCUT2D eigenvalue weighted by molar-refractivity contribution is -0.385. The topological polar surface area (TPSA) is 117 Å². The van der Waals surface area contributed by atoms with Gasteiger partial charge in [-0.2, -0.15) is 0 Å². The van der Waals surface area contributed by atoms with E-state index in [0.29, 0.717) is 0 Å². The number of para-hydroxylation sites is 1. The minimum Gasteiger partial charge on any atom is -0.493 e. The number of benzene rings is 2. The van der Waals surface area contributed by atoms with E-state index < -0.39 is 40.0 Å². The van der Waals surface area contributed by atoms with E-state index in [1.54, 1.807) is 0 Å². The van der Waals surface area contributed by atoms with Gasteiger partial charge in [-0.15, -0.1) is 0 Å². The summed E-state index contributed by atoms with van der Waals surface area (Å²) in [4.78, 5) is 35.0. The molecular formula is C18H17FN2O7. The normalized spacial score (nSPS) is 11.3. The van der Waals surface area contributed by atoms with Crippen LogP contribution in [0.5, 0.6) is 11.5 Å². The Labute approximate surface area is 159 Å². The molecule has 2 aromatic rings. The Morgan fingerprint density at radius 3 is 2.32 bits per heavy atom. The van der Waals surface area contributed by atoms with Crippen LogP contribution < -0.4 is 14.8 Å². The van der Waals surface area contributed by atoms with Crippen LogP contribution in [0.4, 0.5) is 15.8 Å². The van der Waals surface area contributed by atoms with Crippen molar-refractivity contribution in [2.45, 2.75) is 13.0 Å². The number of carbonyl (C=O) groups excluding carboxylic acids is 2. The Hall–Kier alpha value is -3.69. The fourth-order valence-electron chi connectivity index (χ4n) is 2.26. The lowest BCUT2D eigenvalue weighted by Crippen LogP contribution is -2.30. The number of hydrogen-bond acceptors (Lipinski definition) is 7. The number of nitrogens with one attached hydrogen (secondary N) is 1. The number of halogens is 1. The molecule has 0 radical (unpaired) electrons. The third-order valence-corrected chi connectivity index (χ3v) is 3.70. The Morgan fingerprint density at radius 1 is 1.14 bits per heavy atom. The van der Waals surface area contributed by atoms with E-state index in [0.717, 1.165) is 18.2 Å². The van der Waals surface area contributed by atoms with Crippen molar-refractivity contribution >= 4 is 23.3 Å². The first kappa shape index (κ1) is 20.6. The van der Waals surface area contributed by atoms with Crippen molar-refractivity contribution < 1.29 is 33.1 Å². The highest BCUT2D eigenvalue weighted by atomic mass is 19.1. The summed E-state index contributed by atoms with van der Waals surface area (Å²) < 4.78 is 28.6. The highest BCUT2D eigenvalue weighted by molar-refractivity contribution is 5.99. The molecule has 1 amide bonds. The molecule has 9 nitrogen and oxygen atoms in total. The first-order chi connectivity index (χ1) is 13.3. The number of rotatable bonds is 7. The molecule has 1 unspecified atom stereocenters. The number of nitrogens with zero attached hydrogens (tertiary/aromatic N) is 1. The second-order valence-corrected chi connectivity index (χ2v) is 5.50. The van der Waals surface area contributed by atoms with Gasteiger partial charge in [0.15, 0.2) is 17.6 Å². The first-order valence-corrected chi connectivity index (χ1v) is 7.95. The van der Waals surface area contributed by atoms with Crippen LogP contribution in [0.15, 0.2) is 36.4 Å². The molecule has 2 rings (SSSR count). The summed E-state index contributed by atoms with van der Waals surface area (Å²) in [5.41, 5.74) is -1.09. The van der Waals surface area contributed by atoms with Crippen molar-refractivity contribution in [3.05, 3.63) is 57.9 Å². The molecule has 0 fully saturated rings. The van der Waals surface area contributed by atoms with Crippen LogP contribution in [-0.2, 0) is 9.53 Å². The number of methoxy groups -OCH3 is 2. The maximum atomic E-state index is 13.6. The summed E-state index contributed by atoms with van der Waals surface area (Å²) in [5, 5.41) is 13.5. The molecule has 0 heterocycles. The SMILES string of the molecule is COc1cc(C(=O)OC(C)C(=O)Nc2ccccc2F)c([N+](=O)[O-])cc1OC. The molecule has 0 spiro atoms. The van der Waals surface area contributed by atoms with Crippen LogP contribution in [0, 0.1) is 15.9 Å². The average Bonchev–Trinajstić information content (AvgIpc) is 2.68. The molecule has 148 valence electrons. The largest absolute Gasteiger partial charge is 0.493 e. The lowest BCUT2D eigenvalue weighted by atomic mass is 10.1. The van der Waals surface area contributed by atoms with Crippen molar-refractivity contribution in [2.75, 3.05) is 19.5 Å². The van der Waals surface area contributed by atoms with Crippen molar-refractivity contribution in [1.82, 2.24) is 0 Å². The van der Waals surface area contributed by atoms with Gasteiger partial charge in [-0.05, 0) is 19.1 Å². The van der Waals surface area contributed by atoms with Crippen LogP contribution in [0.1, 0.15) is 17.3 Å². The van der Waals surface area contributed by atoms with Gasteiger partial charge in [-0.1, -0.05) is 12.1 Å². The highest BCUT2D eigenvalue weighted by Crippen LogP contribution is 2.35. The smallest absolute Gasteiger partial charge is 0.346 e. The van der Waals surface area contributed by atoms with E-state index in [-0.39, 0.29) is 17.2 Å². The Kier molecular flexibility index (Phi) is 6.48. The van der Waals surface area contributed by atoms with Gasteiger partial charge in [0.1, 0.15) is 11.4 Å². The summed E-state index contributed by atoms with van der Waals surface area (Å²) in [5.74, 6) is -2.46. The molecule has 0 aromatic heterocycles. The monoisotopic (exact) mass is 392 g/mol. The van der Waals surface area contributed by atoms with Gasteiger partial charge in [-0.3, -0.25) is 14.9 Å². The predicted molar refractivity (Wildman–Crippen MR) is 96.1 cm³/mol. The van der Waals surface area contributed by atoms with Gasteiger partial charge in [0.25, 0.3) is 11.6 Å². The van der Waals surface area contributed by atoms with Crippen LogP contribution in [0.3, 0.4) is 0 Å². The number of carbonyl (C=O) groups is 2. The van der Waals surface area contributed by atoms with E-state index in [9.17, 15) is 24.1 Å². The van der Waals surface area contributed by atoms with Gasteiger partial charge in [0.05, 0.1) is 30.9 Å². The van der Waals surface area contributed by atoms with E-state index in [1.807, 2.05) is 0 Å². The number of nitro groups is 1. The predicted octanol–water partition coefficient (Wildman–Crippen LogP) is 2.94. The third-order valence-electron chi connectivity index (χ3n) is 3.70. The number of esters is 1. The molecular weight excluding hydrogens is 375 g/mol. The zero-order valence-corrected chi connectivity index (χ0v) is 15.2. The molecule has 0 aliphatic carbocycles. The van der Waals surface area contributed by atoms with Gasteiger partial charge >= 0.3 is 5.97 Å².